The van der Waals surface area contributed by atoms with E-state index < -0.39 is 11.0 Å². The van der Waals surface area contributed by atoms with Crippen LogP contribution in [-0.2, 0) is 0 Å². The van der Waals surface area contributed by atoms with Crippen LogP contribution in [0.5, 0.6) is 5.75 Å². The van der Waals surface area contributed by atoms with Gasteiger partial charge in [0.05, 0.1) is 17.1 Å². The molecule has 2 rings (SSSR count). The van der Waals surface area contributed by atoms with Crippen LogP contribution in [0.1, 0.15) is 20.3 Å². The van der Waals surface area contributed by atoms with Crippen molar-refractivity contribution in [2.75, 3.05) is 18.0 Å². The summed E-state index contributed by atoms with van der Waals surface area (Å²) in [6.45, 7) is 4.70. The molecule has 1 atom stereocenters. The molecule has 0 amide bonds. The number of benzene rings is 1. The summed E-state index contributed by atoms with van der Waals surface area (Å²) in [5.41, 5.74) is 0.491. The molecule has 1 heterocycles. The molecule has 0 radical (unpaired) electrons. The van der Waals surface area contributed by atoms with Crippen molar-refractivity contribution in [3.8, 4) is 5.75 Å². The van der Waals surface area contributed by atoms with Crippen LogP contribution in [0.3, 0.4) is 0 Å². The van der Waals surface area contributed by atoms with Crippen LogP contribution in [0.15, 0.2) is 18.2 Å². The predicted octanol–water partition coefficient (Wildman–Crippen LogP) is 1.95. The number of ether oxygens (including phenoxy) is 1. The van der Waals surface area contributed by atoms with Crippen molar-refractivity contribution in [2.24, 2.45) is 0 Å². The quantitative estimate of drug-likeness (QED) is 0.666. The lowest BCUT2D eigenvalue weighted by molar-refractivity contribution is -0.385. The van der Waals surface area contributed by atoms with Crippen molar-refractivity contribution >= 4 is 11.4 Å². The average molecular weight is 266 g/mol. The zero-order chi connectivity index (χ0) is 14.0. The maximum absolute atomic E-state index is 11.3. The van der Waals surface area contributed by atoms with Gasteiger partial charge in [-0.3, -0.25) is 10.1 Å². The molecule has 104 valence electrons. The third kappa shape index (κ3) is 2.96. The Kier molecular flexibility index (Phi) is 3.90. The molecule has 1 aliphatic rings. The molecule has 0 spiro atoms. The Morgan fingerprint density at radius 2 is 2.26 bits per heavy atom. The number of β-amino-alcohol motifs (C(OH)–C–C–N with tert-alkyl or cyclic N) is 1. The van der Waals surface area contributed by atoms with Crippen LogP contribution in [0.25, 0.3) is 0 Å². The van der Waals surface area contributed by atoms with E-state index in [0.29, 0.717) is 25.2 Å². The molecule has 0 aliphatic carbocycles. The number of anilines is 1. The van der Waals surface area contributed by atoms with Gasteiger partial charge in [-0.05, 0) is 32.4 Å². The van der Waals surface area contributed by atoms with E-state index in [9.17, 15) is 15.2 Å². The molecule has 6 nitrogen and oxygen atoms in total. The summed E-state index contributed by atoms with van der Waals surface area (Å²) in [5, 5.41) is 20.9. The normalized spacial score (nSPS) is 18.9. The summed E-state index contributed by atoms with van der Waals surface area (Å²) >= 11 is 0. The maximum Gasteiger partial charge on any atom is 0.333 e. The van der Waals surface area contributed by atoms with Crippen molar-refractivity contribution in [2.45, 2.75) is 32.5 Å². The van der Waals surface area contributed by atoms with E-state index in [4.69, 9.17) is 4.74 Å². The van der Waals surface area contributed by atoms with E-state index in [-0.39, 0.29) is 17.5 Å². The number of rotatable bonds is 4. The van der Waals surface area contributed by atoms with E-state index in [1.165, 1.54) is 0 Å². The third-order valence-corrected chi connectivity index (χ3v) is 3.03. The van der Waals surface area contributed by atoms with Gasteiger partial charge in [-0.1, -0.05) is 6.07 Å². The number of aliphatic hydroxyl groups is 1. The van der Waals surface area contributed by atoms with Crippen molar-refractivity contribution in [1.82, 2.24) is 0 Å². The topological polar surface area (TPSA) is 75.8 Å². The van der Waals surface area contributed by atoms with Gasteiger partial charge in [-0.25, -0.2) is 0 Å². The summed E-state index contributed by atoms with van der Waals surface area (Å²) in [4.78, 5) is 12.7. The van der Waals surface area contributed by atoms with Crippen molar-refractivity contribution < 1.29 is 14.8 Å². The fourth-order valence-electron chi connectivity index (χ4n) is 2.26. The number of hydrogen-bond acceptors (Lipinski definition) is 5. The molecular weight excluding hydrogens is 248 g/mol. The summed E-state index contributed by atoms with van der Waals surface area (Å²) in [5.74, 6) is 0.277. The fraction of sp³-hybridized carbons (Fsp3) is 0.538. The molecule has 1 aromatic rings. The van der Waals surface area contributed by atoms with Crippen LogP contribution in [0, 0.1) is 10.1 Å². The third-order valence-electron chi connectivity index (χ3n) is 3.03. The zero-order valence-electron chi connectivity index (χ0n) is 11.1. The molecular formula is C13H18N2O4. The summed E-state index contributed by atoms with van der Waals surface area (Å²) in [6.07, 6.45) is 0.0827. The summed E-state index contributed by atoms with van der Waals surface area (Å²) in [7, 11) is 0. The molecule has 1 fully saturated rings. The molecule has 1 unspecified atom stereocenters. The predicted molar refractivity (Wildman–Crippen MR) is 71.7 cm³/mol. The lowest BCUT2D eigenvalue weighted by Crippen LogP contribution is -2.22. The van der Waals surface area contributed by atoms with Crippen LogP contribution >= 0.6 is 0 Å². The second kappa shape index (κ2) is 5.44. The Morgan fingerprint density at radius 3 is 2.79 bits per heavy atom. The number of nitro benzene ring substituents is 1. The van der Waals surface area contributed by atoms with Gasteiger partial charge in [0.25, 0.3) is 0 Å². The second-order valence-electron chi connectivity index (χ2n) is 4.94. The minimum atomic E-state index is -0.422. The largest absolute Gasteiger partial charge is 0.484 e. The molecule has 0 bridgehead atoms. The van der Waals surface area contributed by atoms with Crippen LogP contribution in [0.4, 0.5) is 11.4 Å². The highest BCUT2D eigenvalue weighted by molar-refractivity contribution is 5.70. The second-order valence-corrected chi connectivity index (χ2v) is 4.94. The van der Waals surface area contributed by atoms with Crippen LogP contribution < -0.4 is 9.64 Å². The van der Waals surface area contributed by atoms with Crippen molar-refractivity contribution in [1.29, 1.82) is 0 Å². The van der Waals surface area contributed by atoms with E-state index in [2.05, 4.69) is 0 Å². The number of para-hydroxylation sites is 1. The van der Waals surface area contributed by atoms with E-state index in [1.54, 1.807) is 18.2 Å². The first-order valence-electron chi connectivity index (χ1n) is 6.36. The van der Waals surface area contributed by atoms with Gasteiger partial charge >= 0.3 is 5.69 Å². The first-order valence-corrected chi connectivity index (χ1v) is 6.36. The monoisotopic (exact) mass is 266 g/mol. The Morgan fingerprint density at radius 1 is 1.53 bits per heavy atom. The van der Waals surface area contributed by atoms with E-state index in [1.807, 2.05) is 18.7 Å². The Balaban J connectivity index is 2.39. The van der Waals surface area contributed by atoms with Gasteiger partial charge in [0.15, 0.2) is 5.75 Å². The maximum atomic E-state index is 11.3. The molecule has 6 heteroatoms. The Labute approximate surface area is 111 Å². The number of hydrogen-bond donors (Lipinski definition) is 1. The van der Waals surface area contributed by atoms with Crippen molar-refractivity contribution in [3.05, 3.63) is 28.3 Å². The smallest absolute Gasteiger partial charge is 0.333 e. The van der Waals surface area contributed by atoms with Gasteiger partial charge in [-0.2, -0.15) is 0 Å². The summed E-state index contributed by atoms with van der Waals surface area (Å²) in [6, 6.07) is 5.04. The highest BCUT2D eigenvalue weighted by atomic mass is 16.6. The highest BCUT2D eigenvalue weighted by Gasteiger charge is 2.29. The van der Waals surface area contributed by atoms with Gasteiger partial charge in [0.1, 0.15) is 5.69 Å². The van der Waals surface area contributed by atoms with Gasteiger partial charge in [-0.15, -0.1) is 0 Å². The standard InChI is InChI=1S/C13H18N2O4/c1-9(2)19-12-5-3-4-11(13(12)15(17)18)14-7-6-10(16)8-14/h3-5,9-10,16H,6-8H2,1-2H3. The van der Waals surface area contributed by atoms with E-state index >= 15 is 0 Å². The van der Waals surface area contributed by atoms with Crippen LogP contribution in [0.2, 0.25) is 0 Å². The Bertz CT molecular complexity index is 476. The average Bonchev–Trinajstić information content (AvgIpc) is 2.74. The summed E-state index contributed by atoms with van der Waals surface area (Å²) < 4.78 is 5.50. The van der Waals surface area contributed by atoms with Gasteiger partial charge in [0, 0.05) is 13.1 Å². The Hall–Kier alpha value is -1.82. The minimum absolute atomic E-state index is 0.0229. The first kappa shape index (κ1) is 13.6. The van der Waals surface area contributed by atoms with Crippen LogP contribution in [-0.4, -0.2) is 35.3 Å². The minimum Gasteiger partial charge on any atom is -0.484 e. The van der Waals surface area contributed by atoms with E-state index in [0.717, 1.165) is 0 Å². The molecule has 0 aromatic heterocycles. The zero-order valence-corrected chi connectivity index (χ0v) is 11.1. The number of aliphatic hydroxyl groups excluding tert-OH is 1. The molecule has 0 saturated carbocycles. The van der Waals surface area contributed by atoms with Gasteiger partial charge < -0.3 is 14.7 Å². The molecule has 1 N–H and O–H groups in total. The molecule has 19 heavy (non-hydrogen) atoms. The molecule has 1 saturated heterocycles. The fourth-order valence-corrected chi connectivity index (χ4v) is 2.26. The molecule has 1 aliphatic heterocycles. The highest BCUT2D eigenvalue weighted by Crippen LogP contribution is 2.38. The molecule has 1 aromatic carbocycles. The number of nitrogens with zero attached hydrogens (tertiary/aromatic N) is 2. The lowest BCUT2D eigenvalue weighted by Gasteiger charge is -2.19. The SMILES string of the molecule is CC(C)Oc1cccc(N2CCC(O)C2)c1[N+](=O)[O-]. The lowest BCUT2D eigenvalue weighted by atomic mass is 10.2. The first-order chi connectivity index (χ1) is 8.99. The number of nitro groups is 1. The van der Waals surface area contributed by atoms with Gasteiger partial charge in [0.2, 0.25) is 0 Å². The van der Waals surface area contributed by atoms with Crippen molar-refractivity contribution in [3.63, 3.8) is 0 Å².